The molecule has 0 radical (unpaired) electrons. The molecule has 0 bridgehead atoms. The Kier molecular flexibility index (Phi) is 5.00. The van der Waals surface area contributed by atoms with E-state index in [2.05, 4.69) is 26.5 Å². The standard InChI is InChI=1S/C19H15BrN2O3/c1-25-18-5-3-2-4-15(18)19(24)22-21-11-16-14-8-7-13(20)10-12(14)6-9-17(16)23/h2-11,23H,1H3,(H,22,24)/b21-11+. The van der Waals surface area contributed by atoms with Crippen molar-refractivity contribution in [2.75, 3.05) is 7.11 Å². The molecule has 2 N–H and O–H groups in total. The zero-order valence-electron chi connectivity index (χ0n) is 13.4. The van der Waals surface area contributed by atoms with Crippen LogP contribution in [0, 0.1) is 0 Å². The summed E-state index contributed by atoms with van der Waals surface area (Å²) in [6, 6.07) is 16.0. The number of methoxy groups -OCH3 is 1. The number of ether oxygens (including phenoxy) is 1. The monoisotopic (exact) mass is 398 g/mol. The lowest BCUT2D eigenvalue weighted by atomic mass is 10.0. The number of halogens is 1. The van der Waals surface area contributed by atoms with Crippen LogP contribution in [0.5, 0.6) is 11.5 Å². The molecule has 0 atom stereocenters. The first-order valence-electron chi connectivity index (χ1n) is 7.48. The summed E-state index contributed by atoms with van der Waals surface area (Å²) in [5, 5.41) is 15.9. The van der Waals surface area contributed by atoms with Gasteiger partial charge in [0.15, 0.2) is 0 Å². The van der Waals surface area contributed by atoms with Crippen LogP contribution in [-0.4, -0.2) is 24.3 Å². The van der Waals surface area contributed by atoms with Gasteiger partial charge >= 0.3 is 0 Å². The summed E-state index contributed by atoms with van der Waals surface area (Å²) in [4.78, 5) is 12.2. The third-order valence-electron chi connectivity index (χ3n) is 3.71. The van der Waals surface area contributed by atoms with Crippen LogP contribution in [0.3, 0.4) is 0 Å². The highest BCUT2D eigenvalue weighted by atomic mass is 79.9. The van der Waals surface area contributed by atoms with Crippen LogP contribution < -0.4 is 10.2 Å². The lowest BCUT2D eigenvalue weighted by Crippen LogP contribution is -2.18. The number of hydrogen-bond acceptors (Lipinski definition) is 4. The fourth-order valence-electron chi connectivity index (χ4n) is 2.50. The first-order chi connectivity index (χ1) is 12.1. The van der Waals surface area contributed by atoms with Crippen molar-refractivity contribution >= 4 is 38.8 Å². The van der Waals surface area contributed by atoms with E-state index in [0.717, 1.165) is 15.2 Å². The van der Waals surface area contributed by atoms with Crippen LogP contribution >= 0.6 is 15.9 Å². The van der Waals surface area contributed by atoms with Gasteiger partial charge in [0.25, 0.3) is 5.91 Å². The normalized spacial score (nSPS) is 11.0. The summed E-state index contributed by atoms with van der Waals surface area (Å²) in [5.74, 6) is 0.161. The van der Waals surface area contributed by atoms with Crippen molar-refractivity contribution in [1.82, 2.24) is 5.43 Å². The van der Waals surface area contributed by atoms with E-state index in [-0.39, 0.29) is 5.75 Å². The number of aromatic hydroxyl groups is 1. The molecule has 5 nitrogen and oxygen atoms in total. The van der Waals surface area contributed by atoms with Crippen LogP contribution in [0.4, 0.5) is 0 Å². The maximum Gasteiger partial charge on any atom is 0.275 e. The van der Waals surface area contributed by atoms with Crippen molar-refractivity contribution in [1.29, 1.82) is 0 Å². The molecule has 0 unspecified atom stereocenters. The number of para-hydroxylation sites is 1. The number of nitrogens with zero attached hydrogens (tertiary/aromatic N) is 1. The zero-order valence-corrected chi connectivity index (χ0v) is 14.9. The number of hydrazone groups is 1. The minimum Gasteiger partial charge on any atom is -0.507 e. The molecule has 1 amide bonds. The summed E-state index contributed by atoms with van der Waals surface area (Å²) < 4.78 is 6.10. The quantitative estimate of drug-likeness (QED) is 0.513. The summed E-state index contributed by atoms with van der Waals surface area (Å²) in [6.07, 6.45) is 1.43. The molecule has 0 aliphatic heterocycles. The first-order valence-corrected chi connectivity index (χ1v) is 8.27. The van der Waals surface area contributed by atoms with Gasteiger partial charge < -0.3 is 9.84 Å². The Hall–Kier alpha value is -2.86. The van der Waals surface area contributed by atoms with Crippen molar-refractivity contribution in [2.45, 2.75) is 0 Å². The lowest BCUT2D eigenvalue weighted by molar-refractivity contribution is 0.0952. The van der Waals surface area contributed by atoms with Crippen molar-refractivity contribution in [2.24, 2.45) is 5.10 Å². The van der Waals surface area contributed by atoms with E-state index in [1.807, 2.05) is 24.3 Å². The molecule has 0 aliphatic carbocycles. The molecule has 3 rings (SSSR count). The predicted octanol–water partition coefficient (Wildman–Crippen LogP) is 4.08. The summed E-state index contributed by atoms with van der Waals surface area (Å²) in [7, 11) is 1.50. The van der Waals surface area contributed by atoms with Crippen LogP contribution in [-0.2, 0) is 0 Å². The van der Waals surface area contributed by atoms with Crippen LogP contribution in [0.1, 0.15) is 15.9 Å². The van der Waals surface area contributed by atoms with Gasteiger partial charge in [-0.3, -0.25) is 4.79 Å². The number of nitrogens with one attached hydrogen (secondary N) is 1. The lowest BCUT2D eigenvalue weighted by Gasteiger charge is -2.07. The fourth-order valence-corrected chi connectivity index (χ4v) is 2.88. The van der Waals surface area contributed by atoms with Crippen LogP contribution in [0.2, 0.25) is 0 Å². The van der Waals surface area contributed by atoms with Crippen molar-refractivity contribution in [3.63, 3.8) is 0 Å². The predicted molar refractivity (Wildman–Crippen MR) is 101 cm³/mol. The topological polar surface area (TPSA) is 70.9 Å². The van der Waals surface area contributed by atoms with E-state index in [0.29, 0.717) is 16.9 Å². The van der Waals surface area contributed by atoms with Gasteiger partial charge in [-0.1, -0.05) is 40.2 Å². The molecular weight excluding hydrogens is 384 g/mol. The molecule has 126 valence electrons. The SMILES string of the molecule is COc1ccccc1C(=O)N/N=C/c1c(O)ccc2cc(Br)ccc12. The number of benzene rings is 3. The second kappa shape index (κ2) is 7.36. The van der Waals surface area contributed by atoms with Gasteiger partial charge in [-0.15, -0.1) is 0 Å². The second-order valence-electron chi connectivity index (χ2n) is 5.26. The Labute approximate surface area is 153 Å². The van der Waals surface area contributed by atoms with E-state index >= 15 is 0 Å². The molecule has 0 spiro atoms. The average molecular weight is 399 g/mol. The van der Waals surface area contributed by atoms with Gasteiger partial charge in [0, 0.05) is 10.0 Å². The maximum atomic E-state index is 12.2. The van der Waals surface area contributed by atoms with Gasteiger partial charge in [-0.2, -0.15) is 5.10 Å². The fraction of sp³-hybridized carbons (Fsp3) is 0.0526. The third-order valence-corrected chi connectivity index (χ3v) is 4.21. The number of carbonyl (C=O) groups is 1. The molecule has 0 heterocycles. The molecule has 0 saturated carbocycles. The van der Waals surface area contributed by atoms with Crippen molar-refractivity contribution in [3.8, 4) is 11.5 Å². The van der Waals surface area contributed by atoms with E-state index in [9.17, 15) is 9.90 Å². The second-order valence-corrected chi connectivity index (χ2v) is 6.18. The highest BCUT2D eigenvalue weighted by Crippen LogP contribution is 2.28. The largest absolute Gasteiger partial charge is 0.507 e. The Morgan fingerprint density at radius 3 is 2.80 bits per heavy atom. The number of phenols is 1. The number of rotatable bonds is 4. The smallest absolute Gasteiger partial charge is 0.275 e. The number of carbonyl (C=O) groups excluding carboxylic acids is 1. The van der Waals surface area contributed by atoms with E-state index in [1.54, 1.807) is 30.3 Å². The van der Waals surface area contributed by atoms with Crippen molar-refractivity contribution < 1.29 is 14.6 Å². The Balaban J connectivity index is 1.86. The first kappa shape index (κ1) is 17.0. The minimum atomic E-state index is -0.392. The summed E-state index contributed by atoms with van der Waals surface area (Å²) >= 11 is 3.42. The molecule has 3 aromatic rings. The Morgan fingerprint density at radius 1 is 1.20 bits per heavy atom. The van der Waals surface area contributed by atoms with Crippen LogP contribution in [0.15, 0.2) is 64.2 Å². The Morgan fingerprint density at radius 2 is 2.00 bits per heavy atom. The van der Waals surface area contributed by atoms with Gasteiger partial charge in [0.2, 0.25) is 0 Å². The molecule has 3 aromatic carbocycles. The highest BCUT2D eigenvalue weighted by Gasteiger charge is 2.10. The molecule has 0 fully saturated rings. The maximum absolute atomic E-state index is 12.2. The number of fused-ring (bicyclic) bond motifs is 1. The number of amides is 1. The average Bonchev–Trinajstić information content (AvgIpc) is 2.63. The van der Waals surface area contributed by atoms with E-state index in [1.165, 1.54) is 13.3 Å². The highest BCUT2D eigenvalue weighted by molar-refractivity contribution is 9.10. The summed E-state index contributed by atoms with van der Waals surface area (Å²) in [5.41, 5.74) is 3.37. The minimum absolute atomic E-state index is 0.0881. The number of phenolic OH excluding ortho intramolecular Hbond substituents is 1. The molecule has 6 heteroatoms. The van der Waals surface area contributed by atoms with E-state index in [4.69, 9.17) is 4.74 Å². The van der Waals surface area contributed by atoms with Gasteiger partial charge in [-0.05, 0) is 41.1 Å². The third kappa shape index (κ3) is 3.64. The molecule has 0 aromatic heterocycles. The summed E-state index contributed by atoms with van der Waals surface area (Å²) in [6.45, 7) is 0. The number of hydrogen-bond donors (Lipinski definition) is 2. The van der Waals surface area contributed by atoms with Crippen LogP contribution in [0.25, 0.3) is 10.8 Å². The molecule has 0 aliphatic rings. The molecule has 25 heavy (non-hydrogen) atoms. The van der Waals surface area contributed by atoms with Crippen molar-refractivity contribution in [3.05, 3.63) is 70.2 Å². The molecular formula is C19H15BrN2O3. The van der Waals surface area contributed by atoms with Gasteiger partial charge in [0.1, 0.15) is 11.5 Å². The van der Waals surface area contributed by atoms with Gasteiger partial charge in [-0.25, -0.2) is 5.43 Å². The Bertz CT molecular complexity index is 970. The molecule has 0 saturated heterocycles. The van der Waals surface area contributed by atoms with E-state index < -0.39 is 5.91 Å². The zero-order chi connectivity index (χ0) is 17.8. The van der Waals surface area contributed by atoms with Gasteiger partial charge in [0.05, 0.1) is 18.9 Å².